The van der Waals surface area contributed by atoms with Crippen molar-refractivity contribution in [2.24, 2.45) is 17.8 Å². The van der Waals surface area contributed by atoms with Gasteiger partial charge in [-0.05, 0) is 43.0 Å². The minimum Gasteiger partial charge on any atom is -0.480 e. The van der Waals surface area contributed by atoms with Crippen molar-refractivity contribution in [2.45, 2.75) is 19.6 Å². The van der Waals surface area contributed by atoms with Gasteiger partial charge in [-0.25, -0.2) is 4.98 Å². The normalized spacial score (nSPS) is 22.8. The topological polar surface area (TPSA) is 105 Å². The summed E-state index contributed by atoms with van der Waals surface area (Å²) in [5.74, 6) is 8.52. The van der Waals surface area contributed by atoms with Crippen molar-refractivity contribution in [2.75, 3.05) is 19.6 Å². The quantitative estimate of drug-likeness (QED) is 0.576. The molecule has 1 saturated heterocycles. The second-order valence-corrected chi connectivity index (χ2v) is 8.56. The molecule has 0 spiro atoms. The summed E-state index contributed by atoms with van der Waals surface area (Å²) in [6.07, 6.45) is 2.81. The van der Waals surface area contributed by atoms with Crippen LogP contribution in [0.4, 0.5) is 0 Å². The molecule has 1 saturated carbocycles. The molecule has 32 heavy (non-hydrogen) atoms. The van der Waals surface area contributed by atoms with E-state index in [1.54, 1.807) is 13.1 Å². The summed E-state index contributed by atoms with van der Waals surface area (Å²) in [4.78, 5) is 17.0. The Hall–Kier alpha value is -3.41. The molecule has 1 aliphatic heterocycles. The molecule has 8 nitrogen and oxygen atoms in total. The van der Waals surface area contributed by atoms with Gasteiger partial charge in [0.1, 0.15) is 17.6 Å². The number of piperidine rings is 1. The van der Waals surface area contributed by atoms with Gasteiger partial charge in [0.15, 0.2) is 5.76 Å². The number of hydrogen-bond donors (Lipinski definition) is 2. The van der Waals surface area contributed by atoms with Crippen molar-refractivity contribution in [3.8, 4) is 23.2 Å². The third kappa shape index (κ3) is 4.17. The number of carboxylic acid groups (broad SMARTS) is 1. The number of carboxylic acids is 1. The molecule has 2 N–H and O–H groups in total. The van der Waals surface area contributed by atoms with Gasteiger partial charge in [-0.2, -0.15) is 0 Å². The van der Waals surface area contributed by atoms with E-state index in [0.717, 1.165) is 29.9 Å². The van der Waals surface area contributed by atoms with E-state index in [1.807, 2.05) is 46.0 Å². The summed E-state index contributed by atoms with van der Waals surface area (Å²) in [7, 11) is 0. The van der Waals surface area contributed by atoms with Crippen LogP contribution in [0.2, 0.25) is 0 Å². The summed E-state index contributed by atoms with van der Waals surface area (Å²) >= 11 is 0. The van der Waals surface area contributed by atoms with Crippen molar-refractivity contribution >= 4 is 5.97 Å². The lowest BCUT2D eigenvalue weighted by Crippen LogP contribution is -2.30. The highest BCUT2D eigenvalue weighted by Gasteiger charge is 2.55. The predicted octanol–water partition coefficient (Wildman–Crippen LogP) is 2.25. The second-order valence-electron chi connectivity index (χ2n) is 8.56. The van der Waals surface area contributed by atoms with Crippen LogP contribution in [0.5, 0.6) is 0 Å². The van der Waals surface area contributed by atoms with E-state index in [4.69, 9.17) is 9.63 Å². The molecule has 0 unspecified atom stereocenters. The number of aliphatic hydroxyl groups is 1. The van der Waals surface area contributed by atoms with Crippen molar-refractivity contribution in [1.29, 1.82) is 0 Å². The van der Waals surface area contributed by atoms with Crippen LogP contribution in [0.15, 0.2) is 47.2 Å². The third-order valence-electron chi connectivity index (χ3n) is 6.19. The number of rotatable bonds is 6. The van der Waals surface area contributed by atoms with Crippen LogP contribution in [0, 0.1) is 29.6 Å². The molecule has 2 fully saturated rings. The molecule has 5 rings (SSSR count). The predicted molar refractivity (Wildman–Crippen MR) is 115 cm³/mol. The molecule has 8 heteroatoms. The van der Waals surface area contributed by atoms with Crippen molar-refractivity contribution in [3.63, 3.8) is 0 Å². The van der Waals surface area contributed by atoms with Gasteiger partial charge < -0.3 is 19.3 Å². The van der Waals surface area contributed by atoms with Crippen LogP contribution in [0.1, 0.15) is 30.1 Å². The van der Waals surface area contributed by atoms with Gasteiger partial charge in [-0.1, -0.05) is 17.0 Å². The summed E-state index contributed by atoms with van der Waals surface area (Å²) in [6.45, 7) is 3.95. The zero-order valence-corrected chi connectivity index (χ0v) is 17.7. The third-order valence-corrected chi connectivity index (χ3v) is 6.19. The van der Waals surface area contributed by atoms with Gasteiger partial charge in [-0.3, -0.25) is 9.69 Å². The Bertz CT molecular complexity index is 1170. The maximum Gasteiger partial charge on any atom is 0.317 e. The highest BCUT2D eigenvalue weighted by molar-refractivity contribution is 5.69. The van der Waals surface area contributed by atoms with Crippen molar-refractivity contribution < 1.29 is 19.5 Å². The summed E-state index contributed by atoms with van der Waals surface area (Å²) < 4.78 is 7.35. The molecule has 0 amide bonds. The number of nitrogens with zero attached hydrogens (tertiary/aromatic N) is 4. The zero-order chi connectivity index (χ0) is 22.2. The fourth-order valence-corrected chi connectivity index (χ4v) is 4.55. The fraction of sp³-hybridized carbons (Fsp3) is 0.375. The van der Waals surface area contributed by atoms with Crippen LogP contribution < -0.4 is 0 Å². The minimum absolute atomic E-state index is 0.127. The van der Waals surface area contributed by atoms with E-state index >= 15 is 0 Å². The lowest BCUT2D eigenvalue weighted by Gasteiger charge is -2.14. The number of likely N-dealkylation sites (tertiary alicyclic amines) is 1. The summed E-state index contributed by atoms with van der Waals surface area (Å²) in [5, 5.41) is 22.8. The summed E-state index contributed by atoms with van der Waals surface area (Å²) in [5.41, 5.74) is 2.62. The molecule has 3 heterocycles. The molecule has 2 aliphatic rings. The Morgan fingerprint density at radius 2 is 2.03 bits per heavy atom. The van der Waals surface area contributed by atoms with E-state index in [9.17, 15) is 9.90 Å². The standard InChI is InChI=1S/C24H24N4O4/c1-15(29)24-25-8-9-28(24)11-18-10-22(32-26-18)17-5-2-16(3-6-17)4-7-19-20-12-27(13-21(19)20)14-23(30)31/h2-3,5-6,8-10,15,19-21,29H,11-14H2,1H3,(H,30,31)/t15-,19-,20-,21+/m0/s1. The van der Waals surface area contributed by atoms with Crippen LogP contribution >= 0.6 is 0 Å². The van der Waals surface area contributed by atoms with E-state index in [-0.39, 0.29) is 6.54 Å². The van der Waals surface area contributed by atoms with Gasteiger partial charge in [0.25, 0.3) is 0 Å². The van der Waals surface area contributed by atoms with Gasteiger partial charge in [-0.15, -0.1) is 0 Å². The number of aliphatic carboxylic acids is 1. The Kier molecular flexibility index (Phi) is 5.29. The molecular formula is C24H24N4O4. The smallest absolute Gasteiger partial charge is 0.317 e. The number of hydrogen-bond acceptors (Lipinski definition) is 6. The molecule has 2 aromatic heterocycles. The van der Waals surface area contributed by atoms with E-state index in [2.05, 4.69) is 22.0 Å². The van der Waals surface area contributed by atoms with Crippen LogP contribution in [-0.4, -0.2) is 55.4 Å². The molecule has 164 valence electrons. The Labute approximate surface area is 185 Å². The lowest BCUT2D eigenvalue weighted by atomic mass is 10.1. The number of aliphatic hydroxyl groups excluding tert-OH is 1. The van der Waals surface area contributed by atoms with Gasteiger partial charge in [0, 0.05) is 48.6 Å². The molecular weight excluding hydrogens is 408 g/mol. The van der Waals surface area contributed by atoms with Crippen LogP contribution in [-0.2, 0) is 11.3 Å². The highest BCUT2D eigenvalue weighted by atomic mass is 16.5. The summed E-state index contributed by atoms with van der Waals surface area (Å²) in [6, 6.07) is 9.77. The minimum atomic E-state index is -0.765. The van der Waals surface area contributed by atoms with Crippen molar-refractivity contribution in [1.82, 2.24) is 19.6 Å². The van der Waals surface area contributed by atoms with Crippen LogP contribution in [0.3, 0.4) is 0 Å². The first-order chi connectivity index (χ1) is 15.5. The Morgan fingerprint density at radius 1 is 1.28 bits per heavy atom. The zero-order valence-electron chi connectivity index (χ0n) is 17.7. The fourth-order valence-electron chi connectivity index (χ4n) is 4.55. The van der Waals surface area contributed by atoms with E-state index < -0.39 is 12.1 Å². The largest absolute Gasteiger partial charge is 0.480 e. The maximum atomic E-state index is 10.8. The number of fused-ring (bicyclic) bond motifs is 1. The molecule has 3 aromatic rings. The van der Waals surface area contributed by atoms with Crippen LogP contribution in [0.25, 0.3) is 11.3 Å². The SMILES string of the molecule is C[C@H](O)c1nccn1Cc1cc(-c2ccc(C#C[C@@H]3[C@H]4CN(CC(=O)O)C[C@@H]34)cc2)on1. The maximum absolute atomic E-state index is 10.8. The highest BCUT2D eigenvalue weighted by Crippen LogP contribution is 2.51. The second kappa shape index (κ2) is 8.26. The number of aromatic nitrogens is 3. The lowest BCUT2D eigenvalue weighted by molar-refractivity contribution is -0.138. The number of carbonyl (C=O) groups is 1. The first kappa shape index (κ1) is 20.5. The average Bonchev–Trinajstić information content (AvgIpc) is 3.24. The molecule has 1 aromatic carbocycles. The van der Waals surface area contributed by atoms with Gasteiger partial charge >= 0.3 is 5.97 Å². The van der Waals surface area contributed by atoms with Gasteiger partial charge in [0.2, 0.25) is 0 Å². The number of imidazole rings is 1. The van der Waals surface area contributed by atoms with Crippen molar-refractivity contribution in [3.05, 3.63) is 59.8 Å². The van der Waals surface area contributed by atoms with Gasteiger partial charge in [0.05, 0.1) is 13.1 Å². The average molecular weight is 432 g/mol. The Balaban J connectivity index is 1.19. The van der Waals surface area contributed by atoms with E-state index in [0.29, 0.717) is 35.9 Å². The molecule has 0 bridgehead atoms. The first-order valence-electron chi connectivity index (χ1n) is 10.7. The first-order valence-corrected chi connectivity index (χ1v) is 10.7. The molecule has 1 aliphatic carbocycles. The monoisotopic (exact) mass is 432 g/mol. The molecule has 4 atom stereocenters. The van der Waals surface area contributed by atoms with E-state index in [1.165, 1.54) is 0 Å². The molecule has 0 radical (unpaired) electrons. The number of benzene rings is 1. The Morgan fingerprint density at radius 3 is 2.72 bits per heavy atom.